The van der Waals surface area contributed by atoms with Gasteiger partial charge in [0.25, 0.3) is 0 Å². The summed E-state index contributed by atoms with van der Waals surface area (Å²) in [6.07, 6.45) is 2.54. The highest BCUT2D eigenvalue weighted by Crippen LogP contribution is 2.33. The average Bonchev–Trinajstić information content (AvgIpc) is 2.88. The van der Waals surface area contributed by atoms with E-state index in [1.165, 1.54) is 7.11 Å². The van der Waals surface area contributed by atoms with Gasteiger partial charge in [0.1, 0.15) is 12.4 Å². The molecule has 0 heterocycles. The molecule has 0 aromatic carbocycles. The van der Waals surface area contributed by atoms with Gasteiger partial charge in [-0.2, -0.15) is 0 Å². The van der Waals surface area contributed by atoms with E-state index in [-0.39, 0.29) is 24.1 Å². The Morgan fingerprint density at radius 2 is 2.08 bits per heavy atom. The molecule has 0 aromatic rings. The molecule has 1 saturated carbocycles. The van der Waals surface area contributed by atoms with Crippen LogP contribution in [0, 0.1) is 11.8 Å². The summed E-state index contributed by atoms with van der Waals surface area (Å²) in [7, 11) is 1.48. The Balaban J connectivity index is 2.49. The quantitative estimate of drug-likeness (QED) is 0.583. The van der Waals surface area contributed by atoms with Crippen LogP contribution in [0.2, 0.25) is 0 Å². The predicted octanol–water partition coefficient (Wildman–Crippen LogP) is 1.21. The molecule has 1 unspecified atom stereocenters. The second-order valence-electron chi connectivity index (χ2n) is 3.54. The minimum Gasteiger partial charge on any atom is -0.377 e. The zero-order valence-electron chi connectivity index (χ0n) is 8.21. The second-order valence-corrected chi connectivity index (χ2v) is 3.54. The summed E-state index contributed by atoms with van der Waals surface area (Å²) in [5, 5.41) is 0. The summed E-state index contributed by atoms with van der Waals surface area (Å²) in [6, 6.07) is 0. The van der Waals surface area contributed by atoms with Gasteiger partial charge in [-0.25, -0.2) is 0 Å². The lowest BCUT2D eigenvalue weighted by Gasteiger charge is -2.10. The molecular formula is C10H16O3. The molecule has 0 aromatic heterocycles. The molecule has 3 heteroatoms. The van der Waals surface area contributed by atoms with Gasteiger partial charge in [0.05, 0.1) is 5.92 Å². The Labute approximate surface area is 78.5 Å². The van der Waals surface area contributed by atoms with Crippen LogP contribution in [0.1, 0.15) is 26.2 Å². The van der Waals surface area contributed by atoms with Crippen molar-refractivity contribution in [1.82, 2.24) is 0 Å². The maximum Gasteiger partial charge on any atom is 0.168 e. The van der Waals surface area contributed by atoms with Gasteiger partial charge in [-0.15, -0.1) is 0 Å². The van der Waals surface area contributed by atoms with E-state index in [2.05, 4.69) is 0 Å². The first-order chi connectivity index (χ1) is 6.20. The lowest BCUT2D eigenvalue weighted by molar-refractivity contribution is -0.135. The maximum absolute atomic E-state index is 11.6. The number of methoxy groups -OCH3 is 1. The predicted molar refractivity (Wildman–Crippen MR) is 48.4 cm³/mol. The van der Waals surface area contributed by atoms with Crippen molar-refractivity contribution in [3.63, 3.8) is 0 Å². The second kappa shape index (κ2) is 4.51. The SMILES string of the molecule is CCC(C(=O)COC)C(=O)C1CC1. The fraction of sp³-hybridized carbons (Fsp3) is 0.800. The molecular weight excluding hydrogens is 168 g/mol. The summed E-state index contributed by atoms with van der Waals surface area (Å²) in [4.78, 5) is 23.0. The first kappa shape index (κ1) is 10.4. The number of Topliss-reactive ketones (excluding diaryl/α,β-unsaturated/α-hetero) is 2. The van der Waals surface area contributed by atoms with Crippen LogP contribution >= 0.6 is 0 Å². The molecule has 0 N–H and O–H groups in total. The Morgan fingerprint density at radius 1 is 1.46 bits per heavy atom. The molecule has 13 heavy (non-hydrogen) atoms. The van der Waals surface area contributed by atoms with Gasteiger partial charge < -0.3 is 4.74 Å². The number of hydrogen-bond donors (Lipinski definition) is 0. The molecule has 1 atom stereocenters. The molecule has 3 nitrogen and oxygen atoms in total. The van der Waals surface area contributed by atoms with E-state index in [0.717, 1.165) is 12.8 Å². The van der Waals surface area contributed by atoms with Crippen LogP contribution in [0.15, 0.2) is 0 Å². The number of ether oxygens (including phenoxy) is 1. The monoisotopic (exact) mass is 184 g/mol. The van der Waals surface area contributed by atoms with Gasteiger partial charge in [0, 0.05) is 13.0 Å². The molecule has 0 amide bonds. The van der Waals surface area contributed by atoms with E-state index >= 15 is 0 Å². The highest BCUT2D eigenvalue weighted by atomic mass is 16.5. The smallest absolute Gasteiger partial charge is 0.168 e. The van der Waals surface area contributed by atoms with Gasteiger partial charge in [-0.05, 0) is 19.3 Å². The first-order valence-corrected chi connectivity index (χ1v) is 4.76. The third-order valence-corrected chi connectivity index (χ3v) is 2.41. The van der Waals surface area contributed by atoms with Crippen LogP contribution in [-0.2, 0) is 14.3 Å². The maximum atomic E-state index is 11.6. The molecule has 1 aliphatic carbocycles. The summed E-state index contributed by atoms with van der Waals surface area (Å²) >= 11 is 0. The van der Waals surface area contributed by atoms with Crippen molar-refractivity contribution in [2.75, 3.05) is 13.7 Å². The molecule has 1 aliphatic rings. The van der Waals surface area contributed by atoms with Crippen molar-refractivity contribution in [3.05, 3.63) is 0 Å². The Morgan fingerprint density at radius 3 is 2.46 bits per heavy atom. The van der Waals surface area contributed by atoms with E-state index in [1.54, 1.807) is 0 Å². The van der Waals surface area contributed by atoms with E-state index in [0.29, 0.717) is 6.42 Å². The fourth-order valence-electron chi connectivity index (χ4n) is 1.48. The zero-order chi connectivity index (χ0) is 9.84. The molecule has 1 rings (SSSR count). The Bertz CT molecular complexity index is 206. The number of rotatable bonds is 6. The van der Waals surface area contributed by atoms with Crippen molar-refractivity contribution in [2.24, 2.45) is 11.8 Å². The van der Waals surface area contributed by atoms with Crippen LogP contribution in [0.4, 0.5) is 0 Å². The Hall–Kier alpha value is -0.700. The lowest BCUT2D eigenvalue weighted by Crippen LogP contribution is -2.27. The van der Waals surface area contributed by atoms with Crippen LogP contribution in [0.5, 0.6) is 0 Å². The lowest BCUT2D eigenvalue weighted by atomic mass is 9.93. The van der Waals surface area contributed by atoms with Crippen molar-refractivity contribution < 1.29 is 14.3 Å². The van der Waals surface area contributed by atoms with E-state index in [4.69, 9.17) is 4.74 Å². The topological polar surface area (TPSA) is 43.4 Å². The number of carbonyl (C=O) groups is 2. The van der Waals surface area contributed by atoms with Crippen molar-refractivity contribution in [1.29, 1.82) is 0 Å². The number of hydrogen-bond acceptors (Lipinski definition) is 3. The molecule has 1 fully saturated rings. The highest BCUT2D eigenvalue weighted by molar-refractivity contribution is 6.04. The largest absolute Gasteiger partial charge is 0.377 e. The zero-order valence-corrected chi connectivity index (χ0v) is 8.21. The fourth-order valence-corrected chi connectivity index (χ4v) is 1.48. The number of carbonyl (C=O) groups excluding carboxylic acids is 2. The van der Waals surface area contributed by atoms with Gasteiger partial charge in [-0.3, -0.25) is 9.59 Å². The summed E-state index contributed by atoms with van der Waals surface area (Å²) in [5.41, 5.74) is 0. The molecule has 0 radical (unpaired) electrons. The minimum absolute atomic E-state index is 0.0664. The average molecular weight is 184 g/mol. The molecule has 0 spiro atoms. The van der Waals surface area contributed by atoms with E-state index in [9.17, 15) is 9.59 Å². The molecule has 0 bridgehead atoms. The summed E-state index contributed by atoms with van der Waals surface area (Å²) in [5.74, 6) is -0.176. The van der Waals surface area contributed by atoms with Crippen LogP contribution in [0.25, 0.3) is 0 Å². The van der Waals surface area contributed by atoms with Crippen LogP contribution < -0.4 is 0 Å². The highest BCUT2D eigenvalue weighted by Gasteiger charge is 2.36. The summed E-state index contributed by atoms with van der Waals surface area (Å²) < 4.78 is 4.73. The Kier molecular flexibility index (Phi) is 3.60. The third-order valence-electron chi connectivity index (χ3n) is 2.41. The van der Waals surface area contributed by atoms with Gasteiger partial charge in [0.15, 0.2) is 5.78 Å². The van der Waals surface area contributed by atoms with Crippen molar-refractivity contribution >= 4 is 11.6 Å². The standard InChI is InChI=1S/C10H16O3/c1-3-8(9(11)6-13-2)10(12)7-4-5-7/h7-8H,3-6H2,1-2H3. The van der Waals surface area contributed by atoms with Crippen LogP contribution in [0.3, 0.4) is 0 Å². The number of ketones is 2. The van der Waals surface area contributed by atoms with Gasteiger partial charge in [-0.1, -0.05) is 6.92 Å². The van der Waals surface area contributed by atoms with Gasteiger partial charge in [0.2, 0.25) is 0 Å². The summed E-state index contributed by atoms with van der Waals surface area (Å²) in [6.45, 7) is 1.94. The van der Waals surface area contributed by atoms with Crippen molar-refractivity contribution in [3.8, 4) is 0 Å². The molecule has 0 aliphatic heterocycles. The minimum atomic E-state index is -0.410. The van der Waals surface area contributed by atoms with Crippen LogP contribution in [-0.4, -0.2) is 25.3 Å². The normalized spacial score (nSPS) is 18.3. The first-order valence-electron chi connectivity index (χ1n) is 4.76. The molecule has 0 saturated heterocycles. The van der Waals surface area contributed by atoms with Crippen molar-refractivity contribution in [2.45, 2.75) is 26.2 Å². The van der Waals surface area contributed by atoms with Gasteiger partial charge >= 0.3 is 0 Å². The van der Waals surface area contributed by atoms with E-state index in [1.807, 2.05) is 6.92 Å². The van der Waals surface area contributed by atoms with E-state index < -0.39 is 5.92 Å². The third kappa shape index (κ3) is 2.62. The molecule has 74 valence electrons.